The number of nitrogens with zero attached hydrogens (tertiary/aromatic N) is 1. The van der Waals surface area contributed by atoms with Crippen LogP contribution in [-0.4, -0.2) is 11.0 Å². The van der Waals surface area contributed by atoms with Crippen LogP contribution in [0.2, 0.25) is 5.02 Å². The molecule has 1 heterocycles. The van der Waals surface area contributed by atoms with E-state index in [1.54, 1.807) is 12.1 Å². The number of hydrogen-bond donors (Lipinski definition) is 0. The number of halogens is 1. The Kier molecular flexibility index (Phi) is 6.39. The van der Waals surface area contributed by atoms with Crippen LogP contribution < -0.4 is 34.7 Å². The van der Waals surface area contributed by atoms with E-state index < -0.39 is 5.97 Å². The molecular weight excluding hydrogens is 341 g/mol. The fourth-order valence-electron chi connectivity index (χ4n) is 2.11. The molecule has 0 saturated carbocycles. The van der Waals surface area contributed by atoms with Gasteiger partial charge >= 0.3 is 29.6 Å². The van der Waals surface area contributed by atoms with E-state index in [0.29, 0.717) is 15.6 Å². The molecule has 3 nitrogen and oxygen atoms in total. The summed E-state index contributed by atoms with van der Waals surface area (Å²) in [5.41, 5.74) is 2.37. The molecule has 23 heavy (non-hydrogen) atoms. The minimum atomic E-state index is -1.13. The van der Waals surface area contributed by atoms with E-state index >= 15 is 0 Å². The molecule has 0 bridgehead atoms. The summed E-state index contributed by atoms with van der Waals surface area (Å²) in [6, 6.07) is 14.9. The first-order chi connectivity index (χ1) is 10.6. The van der Waals surface area contributed by atoms with Gasteiger partial charge in [0.1, 0.15) is 5.01 Å². The fraction of sp³-hybridized carbons (Fsp3) is 0.0588. The summed E-state index contributed by atoms with van der Waals surface area (Å²) in [6.45, 7) is 0. The molecule has 3 rings (SSSR count). The zero-order chi connectivity index (χ0) is 15.5. The molecule has 2 aromatic carbocycles. The standard InChI is InChI=1S/C17H12ClNO2S.Na/c18-13-7-5-11(6-8-13)9-12(10-16(20)21)17-19-14-3-1-2-4-15(14)22-17;/h1-9H,10H2,(H,20,21);/q;+1/p-1/b12-9-;. The second-order valence-corrected chi connectivity index (χ2v) is 6.22. The smallest absolute Gasteiger partial charge is 0.550 e. The molecule has 0 aliphatic heterocycles. The van der Waals surface area contributed by atoms with E-state index in [0.717, 1.165) is 15.8 Å². The third kappa shape index (κ3) is 4.66. The van der Waals surface area contributed by atoms with E-state index in [1.807, 2.05) is 42.5 Å². The number of carbonyl (C=O) groups is 1. The average molecular weight is 352 g/mol. The molecule has 1 aromatic heterocycles. The third-order valence-electron chi connectivity index (χ3n) is 3.11. The Morgan fingerprint density at radius 3 is 2.52 bits per heavy atom. The van der Waals surface area contributed by atoms with Crippen molar-refractivity contribution in [1.29, 1.82) is 0 Å². The quantitative estimate of drug-likeness (QED) is 0.648. The number of fused-ring (bicyclic) bond motifs is 1. The molecule has 0 radical (unpaired) electrons. The van der Waals surface area contributed by atoms with Crippen LogP contribution in [0.15, 0.2) is 48.5 Å². The second-order valence-electron chi connectivity index (χ2n) is 4.76. The van der Waals surface area contributed by atoms with Crippen molar-refractivity contribution in [3.63, 3.8) is 0 Å². The van der Waals surface area contributed by atoms with Crippen LogP contribution in [0.1, 0.15) is 17.0 Å². The van der Waals surface area contributed by atoms with Gasteiger partial charge in [0.25, 0.3) is 0 Å². The molecule has 0 N–H and O–H groups in total. The predicted octanol–water partition coefficient (Wildman–Crippen LogP) is 0.634. The van der Waals surface area contributed by atoms with Crippen molar-refractivity contribution < 1.29 is 39.5 Å². The number of carbonyl (C=O) groups excluding carboxylic acids is 1. The van der Waals surface area contributed by atoms with Crippen LogP contribution in [-0.2, 0) is 4.79 Å². The maximum atomic E-state index is 11.0. The minimum absolute atomic E-state index is 0. The Morgan fingerprint density at radius 1 is 1.17 bits per heavy atom. The first-order valence-electron chi connectivity index (χ1n) is 6.64. The number of rotatable bonds is 4. The number of aromatic nitrogens is 1. The van der Waals surface area contributed by atoms with Crippen LogP contribution in [0, 0.1) is 0 Å². The molecule has 110 valence electrons. The van der Waals surface area contributed by atoms with Gasteiger partial charge in [-0.25, -0.2) is 4.98 Å². The van der Waals surface area contributed by atoms with Crippen molar-refractivity contribution in [2.75, 3.05) is 0 Å². The van der Waals surface area contributed by atoms with E-state index in [2.05, 4.69) is 4.98 Å². The van der Waals surface area contributed by atoms with E-state index in [-0.39, 0.29) is 36.0 Å². The largest absolute Gasteiger partial charge is 1.00 e. The number of carboxylic acids is 1. The van der Waals surface area contributed by atoms with Crippen LogP contribution in [0.4, 0.5) is 0 Å². The van der Waals surface area contributed by atoms with Gasteiger partial charge in [-0.3, -0.25) is 0 Å². The fourth-order valence-corrected chi connectivity index (χ4v) is 3.22. The minimum Gasteiger partial charge on any atom is -0.550 e. The Hall–Kier alpha value is -1.17. The Balaban J connectivity index is 0.00000192. The molecule has 0 aliphatic carbocycles. The van der Waals surface area contributed by atoms with Crippen LogP contribution in [0.25, 0.3) is 21.9 Å². The molecule has 0 fully saturated rings. The average Bonchev–Trinajstić information content (AvgIpc) is 2.92. The van der Waals surface area contributed by atoms with Crippen molar-refractivity contribution >= 4 is 50.8 Å². The number of para-hydroxylation sites is 1. The van der Waals surface area contributed by atoms with Crippen molar-refractivity contribution in [2.45, 2.75) is 6.42 Å². The van der Waals surface area contributed by atoms with E-state index in [4.69, 9.17) is 11.6 Å². The predicted molar refractivity (Wildman–Crippen MR) is 88.6 cm³/mol. The number of thiazole rings is 1. The molecular formula is C17H11ClNNaO2S. The van der Waals surface area contributed by atoms with Crippen molar-refractivity contribution in [3.05, 3.63) is 64.1 Å². The zero-order valence-corrected chi connectivity index (χ0v) is 16.0. The van der Waals surface area contributed by atoms with Gasteiger partial charge in [0, 0.05) is 17.4 Å². The van der Waals surface area contributed by atoms with E-state index in [9.17, 15) is 9.90 Å². The zero-order valence-electron chi connectivity index (χ0n) is 12.5. The van der Waals surface area contributed by atoms with Gasteiger partial charge in [-0.15, -0.1) is 11.3 Å². The third-order valence-corrected chi connectivity index (χ3v) is 4.48. The Morgan fingerprint density at radius 2 is 1.87 bits per heavy atom. The first-order valence-corrected chi connectivity index (χ1v) is 7.83. The van der Waals surface area contributed by atoms with Crippen LogP contribution in [0.5, 0.6) is 0 Å². The topological polar surface area (TPSA) is 53.0 Å². The van der Waals surface area contributed by atoms with Crippen molar-refractivity contribution in [3.8, 4) is 0 Å². The van der Waals surface area contributed by atoms with Gasteiger partial charge in [-0.2, -0.15) is 0 Å². The second kappa shape index (κ2) is 8.08. The van der Waals surface area contributed by atoms with Gasteiger partial charge in [0.2, 0.25) is 0 Å². The molecule has 0 unspecified atom stereocenters. The van der Waals surface area contributed by atoms with Gasteiger partial charge < -0.3 is 9.90 Å². The molecule has 0 spiro atoms. The summed E-state index contributed by atoms with van der Waals surface area (Å²) in [6.07, 6.45) is 1.63. The number of benzene rings is 2. The molecule has 6 heteroatoms. The molecule has 0 amide bonds. The van der Waals surface area contributed by atoms with Gasteiger partial charge in [0.15, 0.2) is 0 Å². The normalized spacial score (nSPS) is 11.3. The Bertz CT molecular complexity index is 825. The van der Waals surface area contributed by atoms with E-state index in [1.165, 1.54) is 11.3 Å². The summed E-state index contributed by atoms with van der Waals surface area (Å²) >= 11 is 7.34. The SMILES string of the molecule is O=C([O-])C/C(=C/c1ccc(Cl)cc1)c1nc2ccccc2s1.[Na+]. The molecule has 3 aromatic rings. The van der Waals surface area contributed by atoms with Gasteiger partial charge in [-0.05, 0) is 41.5 Å². The van der Waals surface area contributed by atoms with Crippen molar-refractivity contribution in [1.82, 2.24) is 4.98 Å². The number of hydrogen-bond acceptors (Lipinski definition) is 4. The molecule has 0 aliphatic rings. The summed E-state index contributed by atoms with van der Waals surface area (Å²) in [5, 5.41) is 12.4. The van der Waals surface area contributed by atoms with Crippen molar-refractivity contribution in [2.24, 2.45) is 0 Å². The maximum absolute atomic E-state index is 11.0. The molecule has 0 saturated heterocycles. The summed E-state index contributed by atoms with van der Waals surface area (Å²) in [7, 11) is 0. The van der Waals surface area contributed by atoms with Crippen LogP contribution >= 0.6 is 22.9 Å². The number of aliphatic carboxylic acids is 1. The number of carboxylic acid groups (broad SMARTS) is 1. The first kappa shape index (κ1) is 18.2. The Labute approximate surface area is 164 Å². The van der Waals surface area contributed by atoms with Crippen LogP contribution in [0.3, 0.4) is 0 Å². The van der Waals surface area contributed by atoms with Gasteiger partial charge in [0.05, 0.1) is 10.2 Å². The maximum Gasteiger partial charge on any atom is 1.00 e. The summed E-state index contributed by atoms with van der Waals surface area (Å²) < 4.78 is 1.03. The summed E-state index contributed by atoms with van der Waals surface area (Å²) in [5.74, 6) is -1.13. The van der Waals surface area contributed by atoms with Gasteiger partial charge in [-0.1, -0.05) is 35.9 Å². The monoisotopic (exact) mass is 351 g/mol. The molecule has 0 atom stereocenters. The summed E-state index contributed by atoms with van der Waals surface area (Å²) in [4.78, 5) is 15.6.